The van der Waals surface area contributed by atoms with E-state index in [1.165, 1.54) is 5.56 Å². The number of nitrogens with zero attached hydrogens (tertiary/aromatic N) is 4. The van der Waals surface area contributed by atoms with Crippen molar-refractivity contribution in [2.75, 3.05) is 5.32 Å². The summed E-state index contributed by atoms with van der Waals surface area (Å²) in [6, 6.07) is 10.7. The fourth-order valence-electron chi connectivity index (χ4n) is 1.88. The molecule has 0 aliphatic rings. The highest BCUT2D eigenvalue weighted by Crippen LogP contribution is 2.28. The number of aromatic nitrogens is 4. The van der Waals surface area contributed by atoms with E-state index in [1.807, 2.05) is 16.9 Å². The molecule has 0 aliphatic carbocycles. The van der Waals surface area contributed by atoms with E-state index in [0.29, 0.717) is 6.04 Å². The maximum Gasteiger partial charge on any atom is 0.206 e. The molecule has 0 unspecified atom stereocenters. The van der Waals surface area contributed by atoms with Gasteiger partial charge >= 0.3 is 0 Å². The lowest BCUT2D eigenvalue weighted by molar-refractivity contribution is 0.880. The van der Waals surface area contributed by atoms with Crippen LogP contribution in [0.1, 0.15) is 19.4 Å². The summed E-state index contributed by atoms with van der Waals surface area (Å²) in [5.74, 6) is 0.885. The van der Waals surface area contributed by atoms with Gasteiger partial charge < -0.3 is 5.32 Å². The zero-order valence-corrected chi connectivity index (χ0v) is 14.1. The van der Waals surface area contributed by atoms with Crippen LogP contribution in [0, 0.1) is 0 Å². The monoisotopic (exact) mass is 331 g/mol. The molecule has 1 aromatic carbocycles. The zero-order chi connectivity index (χ0) is 15.4. The van der Waals surface area contributed by atoms with Crippen molar-refractivity contribution in [2.24, 2.45) is 0 Å². The van der Waals surface area contributed by atoms with Crippen molar-refractivity contribution in [3.63, 3.8) is 0 Å². The summed E-state index contributed by atoms with van der Waals surface area (Å²) in [5.41, 5.74) is 2.33. The van der Waals surface area contributed by atoms with Crippen molar-refractivity contribution in [1.29, 1.82) is 0 Å². The molecule has 0 atom stereocenters. The number of rotatable bonds is 6. The van der Waals surface area contributed by atoms with Gasteiger partial charge in [0.25, 0.3) is 0 Å². The van der Waals surface area contributed by atoms with E-state index in [2.05, 4.69) is 58.7 Å². The van der Waals surface area contributed by atoms with Crippen molar-refractivity contribution in [3.05, 3.63) is 48.3 Å². The van der Waals surface area contributed by atoms with E-state index < -0.39 is 0 Å². The number of anilines is 1. The number of hydrogen-bond acceptors (Lipinski definition) is 6. The number of hydrogen-bond donors (Lipinski definition) is 1. The third-order valence-corrected chi connectivity index (χ3v) is 4.95. The highest BCUT2D eigenvalue weighted by atomic mass is 32.2. The number of thioether (sulfide) groups is 1. The maximum absolute atomic E-state index is 4.22. The molecule has 3 rings (SSSR count). The van der Waals surface area contributed by atoms with Gasteiger partial charge in [-0.15, -0.1) is 10.2 Å². The fourth-order valence-corrected chi connectivity index (χ4v) is 3.74. The summed E-state index contributed by atoms with van der Waals surface area (Å²) >= 11 is 3.30. The minimum Gasteiger partial charge on any atom is -0.358 e. The molecule has 0 amide bonds. The molecule has 2 heterocycles. The van der Waals surface area contributed by atoms with Crippen LogP contribution in [0.5, 0.6) is 0 Å². The molecular formula is C15H17N5S2. The van der Waals surface area contributed by atoms with Gasteiger partial charge in [0, 0.05) is 24.2 Å². The van der Waals surface area contributed by atoms with Crippen LogP contribution >= 0.6 is 23.1 Å². The van der Waals surface area contributed by atoms with Crippen LogP contribution in [0.3, 0.4) is 0 Å². The Labute approximate surface area is 137 Å². The van der Waals surface area contributed by atoms with Crippen LogP contribution in [0.25, 0.3) is 5.69 Å². The predicted molar refractivity (Wildman–Crippen MR) is 91.8 cm³/mol. The second kappa shape index (κ2) is 6.93. The SMILES string of the molecule is CC(C)Nc1nnc(SCc2ccc(-n3cccn3)cc2)s1. The number of nitrogens with one attached hydrogen (secondary N) is 1. The molecule has 22 heavy (non-hydrogen) atoms. The lowest BCUT2D eigenvalue weighted by atomic mass is 10.2. The Kier molecular flexibility index (Phi) is 4.74. The Balaban J connectivity index is 1.58. The van der Waals surface area contributed by atoms with Crippen molar-refractivity contribution in [2.45, 2.75) is 30.0 Å². The first-order valence-corrected chi connectivity index (χ1v) is 8.83. The highest BCUT2D eigenvalue weighted by molar-refractivity contribution is 8.00. The molecule has 0 fully saturated rings. The highest BCUT2D eigenvalue weighted by Gasteiger charge is 2.06. The minimum absolute atomic E-state index is 0.376. The summed E-state index contributed by atoms with van der Waals surface area (Å²) in [5, 5.41) is 16.7. The Morgan fingerprint density at radius 1 is 1.23 bits per heavy atom. The minimum atomic E-state index is 0.376. The first-order chi connectivity index (χ1) is 10.7. The van der Waals surface area contributed by atoms with E-state index in [-0.39, 0.29) is 0 Å². The van der Waals surface area contributed by atoms with Gasteiger partial charge in [0.05, 0.1) is 5.69 Å². The molecule has 0 radical (unpaired) electrons. The van der Waals surface area contributed by atoms with Gasteiger partial charge in [-0.25, -0.2) is 4.68 Å². The van der Waals surface area contributed by atoms with Crippen LogP contribution in [-0.2, 0) is 5.75 Å². The second-order valence-corrected chi connectivity index (χ2v) is 7.28. The predicted octanol–water partition coefficient (Wildman–Crippen LogP) is 3.84. The average molecular weight is 331 g/mol. The van der Waals surface area contributed by atoms with E-state index >= 15 is 0 Å². The normalized spacial score (nSPS) is 11.0. The Bertz CT molecular complexity index is 704. The standard InChI is InChI=1S/C15H17N5S2/c1-11(2)17-14-18-19-15(22-14)21-10-12-4-6-13(7-5-12)20-9-3-8-16-20/h3-9,11H,10H2,1-2H3,(H,17,18). The quantitative estimate of drug-likeness (QED) is 0.696. The summed E-state index contributed by atoms with van der Waals surface area (Å²) in [7, 11) is 0. The smallest absolute Gasteiger partial charge is 0.206 e. The third kappa shape index (κ3) is 3.86. The molecule has 0 saturated carbocycles. The topological polar surface area (TPSA) is 55.6 Å². The van der Waals surface area contributed by atoms with Gasteiger partial charge in [0.1, 0.15) is 0 Å². The van der Waals surface area contributed by atoms with Crippen LogP contribution in [-0.4, -0.2) is 26.0 Å². The molecule has 7 heteroatoms. The van der Waals surface area contributed by atoms with Crippen molar-refractivity contribution in [3.8, 4) is 5.69 Å². The molecule has 0 bridgehead atoms. The van der Waals surface area contributed by atoms with Gasteiger partial charge in [-0.1, -0.05) is 35.2 Å². The zero-order valence-electron chi connectivity index (χ0n) is 12.4. The van der Waals surface area contributed by atoms with E-state index in [1.54, 1.807) is 29.3 Å². The van der Waals surface area contributed by atoms with Gasteiger partial charge in [0.2, 0.25) is 5.13 Å². The van der Waals surface area contributed by atoms with Crippen LogP contribution < -0.4 is 5.32 Å². The fraction of sp³-hybridized carbons (Fsp3) is 0.267. The summed E-state index contributed by atoms with van der Waals surface area (Å²) in [6.07, 6.45) is 3.72. The van der Waals surface area contributed by atoms with Crippen molar-refractivity contribution in [1.82, 2.24) is 20.0 Å². The third-order valence-electron chi connectivity index (χ3n) is 2.89. The Morgan fingerprint density at radius 3 is 2.73 bits per heavy atom. The summed E-state index contributed by atoms with van der Waals surface area (Å²) in [4.78, 5) is 0. The van der Waals surface area contributed by atoms with Gasteiger partial charge in [-0.3, -0.25) is 0 Å². The molecule has 114 valence electrons. The summed E-state index contributed by atoms with van der Waals surface area (Å²) in [6.45, 7) is 4.19. The molecular weight excluding hydrogens is 314 g/mol. The second-order valence-electron chi connectivity index (χ2n) is 5.08. The van der Waals surface area contributed by atoms with Crippen molar-refractivity contribution < 1.29 is 0 Å². The van der Waals surface area contributed by atoms with E-state index in [0.717, 1.165) is 20.9 Å². The average Bonchev–Trinajstić information content (AvgIpc) is 3.17. The van der Waals surface area contributed by atoms with Gasteiger partial charge in [-0.2, -0.15) is 5.10 Å². The molecule has 0 spiro atoms. The lowest BCUT2D eigenvalue weighted by Gasteiger charge is -2.04. The largest absolute Gasteiger partial charge is 0.358 e. The van der Waals surface area contributed by atoms with Crippen LogP contribution in [0.4, 0.5) is 5.13 Å². The van der Waals surface area contributed by atoms with Crippen LogP contribution in [0.2, 0.25) is 0 Å². The van der Waals surface area contributed by atoms with Crippen LogP contribution in [0.15, 0.2) is 47.1 Å². The molecule has 1 N–H and O–H groups in total. The molecule has 0 saturated heterocycles. The molecule has 0 aliphatic heterocycles. The molecule has 3 aromatic rings. The first-order valence-electron chi connectivity index (χ1n) is 7.02. The number of benzene rings is 1. The maximum atomic E-state index is 4.22. The Hall–Kier alpha value is -1.86. The first kappa shape index (κ1) is 15.1. The van der Waals surface area contributed by atoms with E-state index in [4.69, 9.17) is 0 Å². The molecule has 5 nitrogen and oxygen atoms in total. The van der Waals surface area contributed by atoms with Gasteiger partial charge in [0.15, 0.2) is 4.34 Å². The summed E-state index contributed by atoms with van der Waals surface area (Å²) < 4.78 is 2.84. The van der Waals surface area contributed by atoms with Crippen molar-refractivity contribution >= 4 is 28.2 Å². The van der Waals surface area contributed by atoms with Gasteiger partial charge in [-0.05, 0) is 37.6 Å². The lowest BCUT2D eigenvalue weighted by Crippen LogP contribution is -2.08. The Morgan fingerprint density at radius 2 is 2.05 bits per heavy atom. The molecule has 2 aromatic heterocycles. The van der Waals surface area contributed by atoms with E-state index in [9.17, 15) is 0 Å².